The molecule has 2 aromatic carbocycles. The van der Waals surface area contributed by atoms with Gasteiger partial charge in [0, 0.05) is 46.4 Å². The SMILES string of the molecule is COc1ccccc1[C@H]1CC(=O)C2=C(C1)NC(C)=C(C(=O)OC1CCCC1)[C@]2(C)c1cccc2[nH]ccc12. The molecule has 2 N–H and O–H groups in total. The highest BCUT2D eigenvalue weighted by molar-refractivity contribution is 6.07. The van der Waals surface area contributed by atoms with E-state index >= 15 is 0 Å². The highest BCUT2D eigenvalue weighted by Crippen LogP contribution is 2.51. The lowest BCUT2D eigenvalue weighted by atomic mass is 9.62. The standard InChI is InChI=1S/C32H34N2O4/c1-19-29(31(36)38-21-9-4-5-10-21)32(2,24-12-8-13-25-23(24)15-16-33-25)30-26(34-19)17-20(18-27(30)35)22-11-6-7-14-28(22)37-3/h6-8,11-16,20-21,33-34H,4-5,9-10,17-18H2,1-3H3/t20-,32+/m1/s1. The van der Waals surface area contributed by atoms with Gasteiger partial charge < -0.3 is 19.8 Å². The number of ether oxygens (including phenoxy) is 2. The van der Waals surface area contributed by atoms with Crippen molar-refractivity contribution in [3.8, 4) is 5.75 Å². The van der Waals surface area contributed by atoms with E-state index in [9.17, 15) is 9.59 Å². The topological polar surface area (TPSA) is 80.4 Å². The van der Waals surface area contributed by atoms with Gasteiger partial charge >= 0.3 is 5.97 Å². The van der Waals surface area contributed by atoms with E-state index in [1.54, 1.807) is 7.11 Å². The maximum atomic E-state index is 14.2. The molecule has 2 aliphatic carbocycles. The molecule has 0 spiro atoms. The second-order valence-electron chi connectivity index (χ2n) is 10.9. The maximum Gasteiger partial charge on any atom is 0.337 e. The number of allylic oxidation sites excluding steroid dienone is 3. The fourth-order valence-corrected chi connectivity index (χ4v) is 6.99. The molecule has 1 saturated carbocycles. The third kappa shape index (κ3) is 3.85. The van der Waals surface area contributed by atoms with Crippen LogP contribution in [0.15, 0.2) is 77.3 Å². The van der Waals surface area contributed by atoms with Crippen LogP contribution < -0.4 is 10.1 Å². The number of benzene rings is 2. The molecule has 0 bridgehead atoms. The molecule has 6 rings (SSSR count). The van der Waals surface area contributed by atoms with E-state index in [2.05, 4.69) is 10.3 Å². The molecule has 2 atom stereocenters. The van der Waals surface area contributed by atoms with Gasteiger partial charge in [-0.15, -0.1) is 0 Å². The minimum atomic E-state index is -0.953. The molecule has 0 amide bonds. The Morgan fingerprint density at radius 2 is 1.82 bits per heavy atom. The van der Waals surface area contributed by atoms with E-state index in [4.69, 9.17) is 9.47 Å². The van der Waals surface area contributed by atoms with Crippen LogP contribution >= 0.6 is 0 Å². The summed E-state index contributed by atoms with van der Waals surface area (Å²) in [6.07, 6.45) is 6.78. The highest BCUT2D eigenvalue weighted by Gasteiger charge is 2.50. The van der Waals surface area contributed by atoms with Crippen molar-refractivity contribution < 1.29 is 19.1 Å². The zero-order valence-electron chi connectivity index (χ0n) is 22.2. The Morgan fingerprint density at radius 1 is 1.03 bits per heavy atom. The number of methoxy groups -OCH3 is 1. The molecule has 1 aliphatic heterocycles. The highest BCUT2D eigenvalue weighted by atomic mass is 16.5. The summed E-state index contributed by atoms with van der Waals surface area (Å²) in [5, 5.41) is 4.50. The summed E-state index contributed by atoms with van der Waals surface area (Å²) in [5.41, 5.74) is 4.80. The summed E-state index contributed by atoms with van der Waals surface area (Å²) in [6, 6.07) is 16.0. The number of carbonyl (C=O) groups is 2. The molecular weight excluding hydrogens is 476 g/mol. The number of Topliss-reactive ketones (excluding diaryl/α,β-unsaturated/α-hetero) is 1. The molecule has 3 aliphatic rings. The largest absolute Gasteiger partial charge is 0.496 e. The van der Waals surface area contributed by atoms with Crippen LogP contribution in [0.4, 0.5) is 0 Å². The number of rotatable bonds is 5. The Kier molecular flexibility index (Phi) is 6.13. The Labute approximate surface area is 223 Å². The van der Waals surface area contributed by atoms with Crippen LogP contribution in [0.2, 0.25) is 0 Å². The van der Waals surface area contributed by atoms with Gasteiger partial charge in [0.1, 0.15) is 11.9 Å². The summed E-state index contributed by atoms with van der Waals surface area (Å²) >= 11 is 0. The van der Waals surface area contributed by atoms with Gasteiger partial charge in [0.15, 0.2) is 5.78 Å². The average Bonchev–Trinajstić information content (AvgIpc) is 3.60. The van der Waals surface area contributed by atoms with Crippen molar-refractivity contribution in [3.63, 3.8) is 0 Å². The molecular formula is C32H34N2O4. The van der Waals surface area contributed by atoms with Crippen LogP contribution in [0.5, 0.6) is 5.75 Å². The van der Waals surface area contributed by atoms with Gasteiger partial charge in [-0.05, 0) is 75.3 Å². The molecule has 0 saturated heterocycles. The number of hydrogen-bond donors (Lipinski definition) is 2. The molecule has 3 aromatic rings. The van der Waals surface area contributed by atoms with E-state index < -0.39 is 5.41 Å². The zero-order chi connectivity index (χ0) is 26.4. The number of H-pyrrole nitrogens is 1. The average molecular weight is 511 g/mol. The van der Waals surface area contributed by atoms with Gasteiger partial charge in [-0.25, -0.2) is 4.79 Å². The molecule has 38 heavy (non-hydrogen) atoms. The monoisotopic (exact) mass is 510 g/mol. The summed E-state index contributed by atoms with van der Waals surface area (Å²) in [7, 11) is 1.66. The minimum Gasteiger partial charge on any atom is -0.496 e. The lowest BCUT2D eigenvalue weighted by Gasteiger charge is -2.43. The van der Waals surface area contributed by atoms with Crippen molar-refractivity contribution in [2.75, 3.05) is 7.11 Å². The van der Waals surface area contributed by atoms with Crippen LogP contribution in [-0.2, 0) is 19.7 Å². The van der Waals surface area contributed by atoms with Gasteiger partial charge in [0.2, 0.25) is 0 Å². The molecule has 0 unspecified atom stereocenters. The summed E-state index contributed by atoms with van der Waals surface area (Å²) < 4.78 is 11.7. The predicted molar refractivity (Wildman–Crippen MR) is 147 cm³/mol. The fraction of sp³-hybridized carbons (Fsp3) is 0.375. The fourth-order valence-electron chi connectivity index (χ4n) is 6.99. The van der Waals surface area contributed by atoms with Crippen LogP contribution in [0.1, 0.15) is 69.4 Å². The first kappa shape index (κ1) is 24.5. The first-order valence-electron chi connectivity index (χ1n) is 13.6. The van der Waals surface area contributed by atoms with Gasteiger partial charge in [0.25, 0.3) is 0 Å². The Balaban J connectivity index is 1.50. The molecule has 196 valence electrons. The lowest BCUT2D eigenvalue weighted by Crippen LogP contribution is -2.46. The van der Waals surface area contributed by atoms with E-state index in [0.29, 0.717) is 24.0 Å². The normalized spacial score (nSPS) is 24.0. The third-order valence-electron chi connectivity index (χ3n) is 8.67. The Morgan fingerprint density at radius 3 is 2.61 bits per heavy atom. The number of para-hydroxylation sites is 1. The molecule has 0 radical (unpaired) electrons. The first-order chi connectivity index (χ1) is 18.4. The van der Waals surface area contributed by atoms with Gasteiger partial charge in [0.05, 0.1) is 18.1 Å². The number of dihydropyridines is 1. The van der Waals surface area contributed by atoms with Crippen molar-refractivity contribution in [2.24, 2.45) is 0 Å². The summed E-state index contributed by atoms with van der Waals surface area (Å²) in [6.45, 7) is 3.96. The number of nitrogens with one attached hydrogen (secondary N) is 2. The molecule has 1 aromatic heterocycles. The number of hydrogen-bond acceptors (Lipinski definition) is 5. The number of esters is 1. The summed E-state index contributed by atoms with van der Waals surface area (Å²) in [4.78, 5) is 31.4. The number of ketones is 1. The zero-order valence-corrected chi connectivity index (χ0v) is 22.2. The Bertz CT molecular complexity index is 1490. The van der Waals surface area contributed by atoms with Crippen molar-refractivity contribution in [2.45, 2.75) is 69.8 Å². The van der Waals surface area contributed by atoms with Gasteiger partial charge in [-0.1, -0.05) is 30.3 Å². The van der Waals surface area contributed by atoms with Crippen molar-refractivity contribution in [3.05, 3.63) is 88.4 Å². The second kappa shape index (κ2) is 9.50. The van der Waals surface area contributed by atoms with Crippen LogP contribution in [-0.4, -0.2) is 30.0 Å². The lowest BCUT2D eigenvalue weighted by molar-refractivity contribution is -0.144. The number of carbonyl (C=O) groups excluding carboxylic acids is 2. The minimum absolute atomic E-state index is 0.0167. The predicted octanol–water partition coefficient (Wildman–Crippen LogP) is 6.20. The van der Waals surface area contributed by atoms with Crippen molar-refractivity contribution in [1.29, 1.82) is 0 Å². The van der Waals surface area contributed by atoms with Crippen molar-refractivity contribution in [1.82, 2.24) is 10.3 Å². The van der Waals surface area contributed by atoms with Crippen molar-refractivity contribution >= 4 is 22.7 Å². The molecule has 6 nitrogen and oxygen atoms in total. The second-order valence-corrected chi connectivity index (χ2v) is 10.9. The Hall–Kier alpha value is -3.80. The summed E-state index contributed by atoms with van der Waals surface area (Å²) in [5.74, 6) is 0.488. The quantitative estimate of drug-likeness (QED) is 0.400. The third-order valence-corrected chi connectivity index (χ3v) is 8.67. The van der Waals surface area contributed by atoms with Crippen LogP contribution in [0, 0.1) is 0 Å². The number of aromatic nitrogens is 1. The van der Waals surface area contributed by atoms with Crippen LogP contribution in [0.3, 0.4) is 0 Å². The smallest absolute Gasteiger partial charge is 0.337 e. The van der Waals surface area contributed by atoms with Crippen LogP contribution in [0.25, 0.3) is 10.9 Å². The van der Waals surface area contributed by atoms with E-state index in [-0.39, 0.29) is 23.8 Å². The first-order valence-corrected chi connectivity index (χ1v) is 13.6. The van der Waals surface area contributed by atoms with Gasteiger partial charge in [-0.3, -0.25) is 4.79 Å². The molecule has 2 heterocycles. The van der Waals surface area contributed by atoms with E-state index in [1.165, 1.54) is 0 Å². The molecule has 6 heteroatoms. The number of fused-ring (bicyclic) bond motifs is 1. The maximum absolute atomic E-state index is 14.2. The molecule has 1 fully saturated rings. The van der Waals surface area contributed by atoms with Gasteiger partial charge in [-0.2, -0.15) is 0 Å². The number of aromatic amines is 1. The van der Waals surface area contributed by atoms with E-state index in [1.807, 2.05) is 68.6 Å². The van der Waals surface area contributed by atoms with E-state index in [0.717, 1.165) is 64.9 Å².